The molecule has 0 saturated carbocycles. The van der Waals surface area contributed by atoms with Crippen LogP contribution in [0.4, 0.5) is 0 Å². The van der Waals surface area contributed by atoms with Gasteiger partial charge in [0.2, 0.25) is 0 Å². The van der Waals surface area contributed by atoms with Gasteiger partial charge in [-0.05, 0) is 20.0 Å². The van der Waals surface area contributed by atoms with Crippen LogP contribution in [0, 0.1) is 0 Å². The number of nitrogens with one attached hydrogen (secondary N) is 1. The summed E-state index contributed by atoms with van der Waals surface area (Å²) < 4.78 is 5.72. The monoisotopic (exact) mass is 186 g/mol. The fourth-order valence-corrected chi connectivity index (χ4v) is 1.62. The second-order valence-electron chi connectivity index (χ2n) is 3.75. The lowest BCUT2D eigenvalue weighted by atomic mass is 10.2. The molecule has 0 spiro atoms. The first-order valence-electron chi connectivity index (χ1n) is 5.33. The number of ether oxygens (including phenoxy) is 1. The second kappa shape index (κ2) is 5.58. The molecule has 1 fully saturated rings. The highest BCUT2D eigenvalue weighted by Crippen LogP contribution is 2.03. The van der Waals surface area contributed by atoms with Gasteiger partial charge < -0.3 is 15.0 Å². The quantitative estimate of drug-likeness (QED) is 0.699. The van der Waals surface area contributed by atoms with E-state index in [2.05, 4.69) is 31.0 Å². The molecule has 78 valence electrons. The summed E-state index contributed by atoms with van der Waals surface area (Å²) in [4.78, 5) is 2.41. The van der Waals surface area contributed by atoms with Crippen molar-refractivity contribution in [3.05, 3.63) is 0 Å². The first kappa shape index (κ1) is 11.0. The minimum atomic E-state index is 0.385. The van der Waals surface area contributed by atoms with Gasteiger partial charge in [0.25, 0.3) is 0 Å². The van der Waals surface area contributed by atoms with Crippen LogP contribution in [-0.2, 0) is 4.74 Å². The van der Waals surface area contributed by atoms with Gasteiger partial charge in [-0.1, -0.05) is 13.8 Å². The molecule has 0 aromatic rings. The van der Waals surface area contributed by atoms with E-state index in [0.717, 1.165) is 32.8 Å². The third-order valence-corrected chi connectivity index (χ3v) is 2.63. The standard InChI is InChI=1S/C10H22N2O/c1-4-12(5-2)7-10-6-11-9(3)8-13-10/h9-11H,4-8H2,1-3H3/t9-,10-/m0/s1. The Labute approximate surface area is 81.4 Å². The molecule has 0 radical (unpaired) electrons. The van der Waals surface area contributed by atoms with Gasteiger partial charge in [0.15, 0.2) is 0 Å². The molecule has 0 bridgehead atoms. The second-order valence-corrected chi connectivity index (χ2v) is 3.75. The highest BCUT2D eigenvalue weighted by atomic mass is 16.5. The van der Waals surface area contributed by atoms with Gasteiger partial charge in [0, 0.05) is 19.1 Å². The molecule has 13 heavy (non-hydrogen) atoms. The van der Waals surface area contributed by atoms with Crippen molar-refractivity contribution in [2.24, 2.45) is 0 Å². The van der Waals surface area contributed by atoms with Crippen molar-refractivity contribution < 1.29 is 4.74 Å². The van der Waals surface area contributed by atoms with Crippen LogP contribution in [0.5, 0.6) is 0 Å². The van der Waals surface area contributed by atoms with E-state index in [0.29, 0.717) is 12.1 Å². The van der Waals surface area contributed by atoms with Crippen LogP contribution in [0.2, 0.25) is 0 Å². The summed E-state index contributed by atoms with van der Waals surface area (Å²) in [6.07, 6.45) is 0.385. The van der Waals surface area contributed by atoms with Crippen LogP contribution in [0.1, 0.15) is 20.8 Å². The SMILES string of the molecule is CCN(CC)C[C@@H]1CN[C@@H](C)CO1. The van der Waals surface area contributed by atoms with E-state index >= 15 is 0 Å². The minimum Gasteiger partial charge on any atom is -0.374 e. The summed E-state index contributed by atoms with van der Waals surface area (Å²) in [5, 5.41) is 3.43. The van der Waals surface area contributed by atoms with Crippen molar-refractivity contribution in [1.82, 2.24) is 10.2 Å². The normalized spacial score (nSPS) is 29.5. The van der Waals surface area contributed by atoms with Crippen molar-refractivity contribution in [1.29, 1.82) is 0 Å². The predicted molar refractivity (Wildman–Crippen MR) is 55.0 cm³/mol. The Bertz CT molecular complexity index is 129. The smallest absolute Gasteiger partial charge is 0.0826 e. The molecule has 3 heteroatoms. The molecule has 0 amide bonds. The summed E-state index contributed by atoms with van der Waals surface area (Å²) in [7, 11) is 0. The van der Waals surface area contributed by atoms with E-state index in [1.165, 1.54) is 0 Å². The maximum atomic E-state index is 5.72. The topological polar surface area (TPSA) is 24.5 Å². The molecule has 0 aliphatic carbocycles. The molecule has 1 aliphatic heterocycles. The molecular weight excluding hydrogens is 164 g/mol. The van der Waals surface area contributed by atoms with Gasteiger partial charge in [-0.3, -0.25) is 0 Å². The lowest BCUT2D eigenvalue weighted by Crippen LogP contribution is -2.49. The van der Waals surface area contributed by atoms with Gasteiger partial charge in [-0.2, -0.15) is 0 Å². The van der Waals surface area contributed by atoms with Gasteiger partial charge in [-0.15, -0.1) is 0 Å². The van der Waals surface area contributed by atoms with Gasteiger partial charge in [-0.25, -0.2) is 0 Å². The zero-order valence-corrected chi connectivity index (χ0v) is 9.05. The van der Waals surface area contributed by atoms with Crippen LogP contribution in [0.3, 0.4) is 0 Å². The van der Waals surface area contributed by atoms with Gasteiger partial charge >= 0.3 is 0 Å². The van der Waals surface area contributed by atoms with Crippen LogP contribution in [-0.4, -0.2) is 49.8 Å². The maximum Gasteiger partial charge on any atom is 0.0826 e. The fourth-order valence-electron chi connectivity index (χ4n) is 1.62. The van der Waals surface area contributed by atoms with E-state index in [-0.39, 0.29) is 0 Å². The van der Waals surface area contributed by atoms with Crippen LogP contribution in [0.25, 0.3) is 0 Å². The number of morpholine rings is 1. The summed E-state index contributed by atoms with van der Waals surface area (Å²) in [6.45, 7) is 11.7. The summed E-state index contributed by atoms with van der Waals surface area (Å²) in [5.74, 6) is 0. The average Bonchev–Trinajstić information content (AvgIpc) is 2.17. The molecule has 2 atom stereocenters. The number of hydrogen-bond acceptors (Lipinski definition) is 3. The van der Waals surface area contributed by atoms with Crippen LogP contribution < -0.4 is 5.32 Å². The first-order chi connectivity index (χ1) is 6.26. The summed E-state index contributed by atoms with van der Waals surface area (Å²) in [6, 6.07) is 0.521. The zero-order chi connectivity index (χ0) is 9.68. The van der Waals surface area contributed by atoms with Crippen LogP contribution >= 0.6 is 0 Å². The van der Waals surface area contributed by atoms with Gasteiger partial charge in [0.05, 0.1) is 12.7 Å². The molecule has 1 N–H and O–H groups in total. The number of nitrogens with zero attached hydrogens (tertiary/aromatic N) is 1. The molecule has 1 aliphatic rings. The number of hydrogen-bond donors (Lipinski definition) is 1. The lowest BCUT2D eigenvalue weighted by Gasteiger charge is -2.31. The molecule has 3 nitrogen and oxygen atoms in total. The van der Waals surface area contributed by atoms with Crippen molar-refractivity contribution in [2.75, 3.05) is 32.8 Å². The van der Waals surface area contributed by atoms with Gasteiger partial charge in [0.1, 0.15) is 0 Å². The predicted octanol–water partition coefficient (Wildman–Crippen LogP) is 0.705. The third kappa shape index (κ3) is 3.63. The van der Waals surface area contributed by atoms with E-state index < -0.39 is 0 Å². The van der Waals surface area contributed by atoms with Crippen molar-refractivity contribution in [2.45, 2.75) is 32.9 Å². The summed E-state index contributed by atoms with van der Waals surface area (Å²) >= 11 is 0. The molecular formula is C10H22N2O. The van der Waals surface area contributed by atoms with Crippen molar-refractivity contribution >= 4 is 0 Å². The van der Waals surface area contributed by atoms with Crippen molar-refractivity contribution in [3.63, 3.8) is 0 Å². The Morgan fingerprint density at radius 1 is 1.38 bits per heavy atom. The molecule has 0 unspecified atom stereocenters. The fraction of sp³-hybridized carbons (Fsp3) is 1.00. The Morgan fingerprint density at radius 3 is 2.54 bits per heavy atom. The molecule has 1 rings (SSSR count). The Morgan fingerprint density at radius 2 is 2.08 bits per heavy atom. The van der Waals surface area contributed by atoms with Crippen molar-refractivity contribution in [3.8, 4) is 0 Å². The number of rotatable bonds is 4. The van der Waals surface area contributed by atoms with Crippen LogP contribution in [0.15, 0.2) is 0 Å². The maximum absolute atomic E-state index is 5.72. The number of likely N-dealkylation sites (N-methyl/N-ethyl adjacent to an activating group) is 1. The lowest BCUT2D eigenvalue weighted by molar-refractivity contribution is -0.00997. The molecule has 1 saturated heterocycles. The highest BCUT2D eigenvalue weighted by molar-refractivity contribution is 4.75. The first-order valence-corrected chi connectivity index (χ1v) is 5.33. The third-order valence-electron chi connectivity index (χ3n) is 2.63. The van der Waals surface area contributed by atoms with E-state index in [1.54, 1.807) is 0 Å². The minimum absolute atomic E-state index is 0.385. The van der Waals surface area contributed by atoms with E-state index in [1.807, 2.05) is 0 Å². The average molecular weight is 186 g/mol. The Balaban J connectivity index is 2.21. The van der Waals surface area contributed by atoms with E-state index in [9.17, 15) is 0 Å². The molecule has 0 aromatic heterocycles. The molecule has 1 heterocycles. The Hall–Kier alpha value is -0.120. The summed E-state index contributed by atoms with van der Waals surface area (Å²) in [5.41, 5.74) is 0. The zero-order valence-electron chi connectivity index (χ0n) is 9.05. The Kier molecular flexibility index (Phi) is 4.70. The highest BCUT2D eigenvalue weighted by Gasteiger charge is 2.19. The van der Waals surface area contributed by atoms with E-state index in [4.69, 9.17) is 4.74 Å². The molecule has 0 aromatic carbocycles. The largest absolute Gasteiger partial charge is 0.374 e.